The Morgan fingerprint density at radius 1 is 0.917 bits per heavy atom. The highest BCUT2D eigenvalue weighted by Crippen LogP contribution is 2.28. The van der Waals surface area contributed by atoms with Crippen molar-refractivity contribution in [1.82, 2.24) is 9.97 Å². The summed E-state index contributed by atoms with van der Waals surface area (Å²) in [6, 6.07) is 11.7. The van der Waals surface area contributed by atoms with Gasteiger partial charge in [0.1, 0.15) is 15.8 Å². The van der Waals surface area contributed by atoms with Crippen LogP contribution in [0.15, 0.2) is 36.4 Å². The van der Waals surface area contributed by atoms with Gasteiger partial charge in [0.25, 0.3) is 0 Å². The molecule has 0 saturated carbocycles. The molecule has 1 N–H and O–H groups in total. The molecule has 2 aromatic carbocycles. The van der Waals surface area contributed by atoms with Gasteiger partial charge in [-0.15, -0.1) is 22.7 Å². The van der Waals surface area contributed by atoms with Crippen molar-refractivity contribution in [1.29, 1.82) is 0 Å². The Bertz CT molecular complexity index is 1050. The number of thiazole rings is 2. The Kier molecular flexibility index (Phi) is 4.35. The molecule has 0 aliphatic rings. The molecule has 0 aliphatic heterocycles. The predicted octanol–water partition coefficient (Wildman–Crippen LogP) is 5.72. The number of phenols is 1. The molecule has 0 unspecified atom stereocenters. The van der Waals surface area contributed by atoms with Crippen molar-refractivity contribution in [2.24, 2.45) is 0 Å². The largest absolute Gasteiger partial charge is 0.508 e. The lowest BCUT2D eigenvalue weighted by molar-refractivity contribution is 0.476. The molecule has 4 rings (SSSR count). The number of halogens is 1. The van der Waals surface area contributed by atoms with E-state index in [0.717, 1.165) is 37.5 Å². The molecular formula is C18H13BrN2OS2. The summed E-state index contributed by atoms with van der Waals surface area (Å²) in [5.74, 6) is 0.270. The molecule has 3 nitrogen and oxygen atoms in total. The minimum absolute atomic E-state index is 0.270. The molecule has 4 aromatic rings. The number of rotatable bonds is 4. The van der Waals surface area contributed by atoms with Gasteiger partial charge in [-0.1, -0.05) is 22.0 Å². The van der Waals surface area contributed by atoms with Crippen molar-refractivity contribution in [3.8, 4) is 5.75 Å². The van der Waals surface area contributed by atoms with Crippen LogP contribution in [0.3, 0.4) is 0 Å². The summed E-state index contributed by atoms with van der Waals surface area (Å²) in [5.41, 5.74) is 3.26. The summed E-state index contributed by atoms with van der Waals surface area (Å²) in [5, 5.41) is 12.4. The number of phenolic OH excluding ortho intramolecular Hbond substituents is 1. The van der Waals surface area contributed by atoms with Crippen LogP contribution in [0, 0.1) is 0 Å². The number of hydrogen-bond donors (Lipinski definition) is 1. The van der Waals surface area contributed by atoms with Crippen LogP contribution in [0.5, 0.6) is 5.75 Å². The maximum atomic E-state index is 9.54. The second-order valence-corrected chi connectivity index (χ2v) is 8.25. The molecule has 0 radical (unpaired) electrons. The third kappa shape index (κ3) is 3.22. The lowest BCUT2D eigenvalue weighted by Crippen LogP contribution is -1.83. The Balaban J connectivity index is 1.63. The molecule has 0 aliphatic carbocycles. The average Bonchev–Trinajstić information content (AvgIpc) is 3.15. The molecule has 0 saturated heterocycles. The number of nitrogens with zero attached hydrogens (tertiary/aromatic N) is 2. The number of alkyl halides is 1. The highest BCUT2D eigenvalue weighted by Gasteiger charge is 2.05. The molecule has 0 bridgehead atoms. The van der Waals surface area contributed by atoms with Crippen molar-refractivity contribution in [2.45, 2.75) is 6.42 Å². The number of benzene rings is 2. The van der Waals surface area contributed by atoms with E-state index < -0.39 is 0 Å². The fraction of sp³-hybridized carbons (Fsp3) is 0.111. The van der Waals surface area contributed by atoms with E-state index in [1.165, 1.54) is 10.3 Å². The first-order chi connectivity index (χ1) is 11.7. The molecule has 6 heteroatoms. The van der Waals surface area contributed by atoms with E-state index in [2.05, 4.69) is 44.1 Å². The second kappa shape index (κ2) is 6.63. The van der Waals surface area contributed by atoms with Crippen molar-refractivity contribution >= 4 is 71.2 Å². The van der Waals surface area contributed by atoms with Crippen molar-refractivity contribution in [3.63, 3.8) is 0 Å². The molecule has 0 spiro atoms. The smallest absolute Gasteiger partial charge is 0.117 e. The summed E-state index contributed by atoms with van der Waals surface area (Å²) in [6.07, 6.45) is 5.02. The van der Waals surface area contributed by atoms with Crippen molar-refractivity contribution in [2.75, 3.05) is 5.33 Å². The highest BCUT2D eigenvalue weighted by atomic mass is 79.9. The molecular weight excluding hydrogens is 404 g/mol. The molecule has 0 fully saturated rings. The zero-order valence-corrected chi connectivity index (χ0v) is 15.8. The second-order valence-electron chi connectivity index (χ2n) is 5.33. The van der Waals surface area contributed by atoms with Crippen LogP contribution in [0.4, 0.5) is 0 Å². The predicted molar refractivity (Wildman–Crippen MR) is 107 cm³/mol. The van der Waals surface area contributed by atoms with Crippen LogP contribution < -0.4 is 0 Å². The van der Waals surface area contributed by atoms with Crippen LogP contribution >= 0.6 is 38.6 Å². The van der Waals surface area contributed by atoms with Gasteiger partial charge in [-0.3, -0.25) is 0 Å². The third-order valence-corrected chi connectivity index (χ3v) is 5.97. The van der Waals surface area contributed by atoms with E-state index in [9.17, 15) is 5.11 Å². The Labute approximate surface area is 155 Å². The summed E-state index contributed by atoms with van der Waals surface area (Å²) < 4.78 is 2.20. The number of hydrogen-bond acceptors (Lipinski definition) is 5. The van der Waals surface area contributed by atoms with Crippen LogP contribution in [0.25, 0.3) is 32.6 Å². The lowest BCUT2D eigenvalue weighted by Gasteiger charge is -1.95. The molecule has 120 valence electrons. The number of aryl methyl sites for hydroxylation is 1. The first kappa shape index (κ1) is 15.7. The van der Waals surface area contributed by atoms with Gasteiger partial charge in [0.05, 0.1) is 20.4 Å². The van der Waals surface area contributed by atoms with E-state index in [1.807, 2.05) is 18.2 Å². The normalized spacial score (nSPS) is 11.9. The molecule has 0 amide bonds. The van der Waals surface area contributed by atoms with Crippen LogP contribution in [0.2, 0.25) is 0 Å². The Hall–Kier alpha value is -1.76. The van der Waals surface area contributed by atoms with Gasteiger partial charge in [-0.05, 0) is 54.5 Å². The monoisotopic (exact) mass is 416 g/mol. The first-order valence-electron chi connectivity index (χ1n) is 7.44. The zero-order chi connectivity index (χ0) is 16.5. The lowest BCUT2D eigenvalue weighted by atomic mass is 10.2. The minimum Gasteiger partial charge on any atom is -0.508 e. The van der Waals surface area contributed by atoms with Crippen LogP contribution in [-0.4, -0.2) is 20.4 Å². The molecule has 2 heterocycles. The van der Waals surface area contributed by atoms with Gasteiger partial charge in [0.2, 0.25) is 0 Å². The molecule has 0 atom stereocenters. The van der Waals surface area contributed by atoms with E-state index in [-0.39, 0.29) is 5.75 Å². The zero-order valence-electron chi connectivity index (χ0n) is 12.6. The summed E-state index contributed by atoms with van der Waals surface area (Å²) in [6.45, 7) is 0. The van der Waals surface area contributed by atoms with E-state index in [0.29, 0.717) is 0 Å². The van der Waals surface area contributed by atoms with Gasteiger partial charge in [0.15, 0.2) is 0 Å². The number of aromatic hydroxyl groups is 1. The quantitative estimate of drug-likeness (QED) is 0.432. The van der Waals surface area contributed by atoms with Gasteiger partial charge in [0, 0.05) is 5.33 Å². The van der Waals surface area contributed by atoms with Gasteiger partial charge >= 0.3 is 0 Å². The summed E-state index contributed by atoms with van der Waals surface area (Å²) in [4.78, 5) is 9.21. The highest BCUT2D eigenvalue weighted by molar-refractivity contribution is 9.09. The van der Waals surface area contributed by atoms with Gasteiger partial charge in [-0.2, -0.15) is 0 Å². The standard InChI is InChI=1S/C18H13BrN2OS2/c19-8-7-11-1-3-13-15(9-11)23-17(20-13)5-6-18-21-14-4-2-12(22)10-16(14)24-18/h1-6,9-10,22H,7-8H2. The van der Waals surface area contributed by atoms with Crippen molar-refractivity contribution in [3.05, 3.63) is 52.0 Å². The Morgan fingerprint density at radius 2 is 1.54 bits per heavy atom. The fourth-order valence-electron chi connectivity index (χ4n) is 2.47. The molecule has 2 aromatic heterocycles. The third-order valence-electron chi connectivity index (χ3n) is 3.61. The molecule has 24 heavy (non-hydrogen) atoms. The van der Waals surface area contributed by atoms with Crippen LogP contribution in [-0.2, 0) is 6.42 Å². The topological polar surface area (TPSA) is 46.0 Å². The fourth-order valence-corrected chi connectivity index (χ4v) is 4.76. The summed E-state index contributed by atoms with van der Waals surface area (Å²) >= 11 is 6.73. The van der Waals surface area contributed by atoms with Gasteiger partial charge in [-0.25, -0.2) is 9.97 Å². The minimum atomic E-state index is 0.270. The van der Waals surface area contributed by atoms with E-state index >= 15 is 0 Å². The van der Waals surface area contributed by atoms with E-state index in [4.69, 9.17) is 0 Å². The number of aromatic nitrogens is 2. The SMILES string of the molecule is Oc1ccc2nc(C=Cc3nc4ccc(CCBr)cc4s3)sc2c1. The summed E-state index contributed by atoms with van der Waals surface area (Å²) in [7, 11) is 0. The average molecular weight is 417 g/mol. The van der Waals surface area contributed by atoms with Crippen molar-refractivity contribution < 1.29 is 5.11 Å². The maximum Gasteiger partial charge on any atom is 0.117 e. The van der Waals surface area contributed by atoms with E-state index in [1.54, 1.807) is 34.8 Å². The van der Waals surface area contributed by atoms with Gasteiger partial charge < -0.3 is 5.11 Å². The Morgan fingerprint density at radius 3 is 2.21 bits per heavy atom. The number of fused-ring (bicyclic) bond motifs is 2. The first-order valence-corrected chi connectivity index (χ1v) is 10.2. The van der Waals surface area contributed by atoms with Crippen LogP contribution in [0.1, 0.15) is 15.6 Å². The maximum absolute atomic E-state index is 9.54.